The molecule has 0 fully saturated rings. The number of fused-ring (bicyclic) bond motifs is 1. The molecule has 3 rings (SSSR count). The van der Waals surface area contributed by atoms with Crippen LogP contribution < -0.4 is 18.9 Å². The topological polar surface area (TPSA) is 63.2 Å². The Morgan fingerprint density at radius 3 is 2.44 bits per heavy atom. The van der Waals surface area contributed by atoms with Crippen molar-refractivity contribution in [3.63, 3.8) is 0 Å². The van der Waals surface area contributed by atoms with E-state index in [0.717, 1.165) is 5.56 Å². The van der Waals surface area contributed by atoms with E-state index in [1.54, 1.807) is 50.6 Å². The Morgan fingerprint density at radius 1 is 0.960 bits per heavy atom. The van der Waals surface area contributed by atoms with Gasteiger partial charge in [0.1, 0.15) is 0 Å². The van der Waals surface area contributed by atoms with Crippen LogP contribution >= 0.6 is 0 Å². The molecule has 0 saturated carbocycles. The smallest absolute Gasteiger partial charge is 0.338 e. The third-order valence-corrected chi connectivity index (χ3v) is 3.81. The number of rotatable bonds is 5. The third-order valence-electron chi connectivity index (χ3n) is 3.81. The number of carbonyl (C=O) groups excluding carboxylic acids is 1. The molecule has 1 aliphatic heterocycles. The van der Waals surface area contributed by atoms with E-state index in [4.69, 9.17) is 23.7 Å². The van der Waals surface area contributed by atoms with Gasteiger partial charge in [-0.15, -0.1) is 0 Å². The maximum Gasteiger partial charge on any atom is 0.338 e. The Hall–Kier alpha value is -3.15. The van der Waals surface area contributed by atoms with Crippen molar-refractivity contribution in [3.8, 4) is 23.0 Å². The minimum absolute atomic E-state index is 0.172. The second-order valence-electron chi connectivity index (χ2n) is 5.23. The fourth-order valence-corrected chi connectivity index (χ4v) is 2.54. The molecule has 0 aliphatic carbocycles. The van der Waals surface area contributed by atoms with Crippen LogP contribution in [0.4, 0.5) is 0 Å². The fourth-order valence-electron chi connectivity index (χ4n) is 2.54. The zero-order chi connectivity index (χ0) is 17.8. The molecule has 0 N–H and O–H groups in total. The van der Waals surface area contributed by atoms with Gasteiger partial charge in [-0.05, 0) is 41.5 Å². The van der Waals surface area contributed by atoms with Crippen LogP contribution in [0.2, 0.25) is 0 Å². The van der Waals surface area contributed by atoms with E-state index in [-0.39, 0.29) is 6.79 Å². The normalized spacial score (nSPS) is 12.7. The van der Waals surface area contributed by atoms with Crippen LogP contribution in [0.15, 0.2) is 36.4 Å². The number of hydrogen-bond donors (Lipinski definition) is 0. The summed E-state index contributed by atoms with van der Waals surface area (Å²) in [5.41, 5.74) is 1.84. The molecule has 1 aliphatic rings. The van der Waals surface area contributed by atoms with Crippen LogP contribution in [0.3, 0.4) is 0 Å². The van der Waals surface area contributed by atoms with Crippen molar-refractivity contribution in [1.82, 2.24) is 0 Å². The summed E-state index contributed by atoms with van der Waals surface area (Å²) in [6, 6.07) is 10.7. The molecular weight excluding hydrogens is 324 g/mol. The maximum atomic E-state index is 12.3. The average Bonchev–Trinajstić information content (AvgIpc) is 3.12. The van der Waals surface area contributed by atoms with Crippen molar-refractivity contribution >= 4 is 17.6 Å². The first-order chi connectivity index (χ1) is 12.2. The number of esters is 1. The summed E-state index contributed by atoms with van der Waals surface area (Å²) in [4.78, 5) is 12.3. The fraction of sp³-hybridized carbons (Fsp3) is 0.211. The average molecular weight is 342 g/mol. The first-order valence-corrected chi connectivity index (χ1v) is 7.58. The Bertz CT molecular complexity index is 825. The van der Waals surface area contributed by atoms with E-state index in [2.05, 4.69) is 0 Å². The van der Waals surface area contributed by atoms with E-state index < -0.39 is 5.97 Å². The Kier molecular flexibility index (Phi) is 4.79. The lowest BCUT2D eigenvalue weighted by atomic mass is 10.0. The van der Waals surface area contributed by atoms with Crippen molar-refractivity contribution < 1.29 is 28.5 Å². The molecule has 130 valence electrons. The SMILES string of the molecule is COC(=O)/C(=C/c1ccc(OC)c(OC)c1)c1ccc2c(c1)OCO2. The van der Waals surface area contributed by atoms with Gasteiger partial charge in [0, 0.05) is 0 Å². The van der Waals surface area contributed by atoms with E-state index in [0.29, 0.717) is 34.1 Å². The van der Waals surface area contributed by atoms with Crippen molar-refractivity contribution in [1.29, 1.82) is 0 Å². The number of ether oxygens (including phenoxy) is 5. The molecule has 0 unspecified atom stereocenters. The highest BCUT2D eigenvalue weighted by Crippen LogP contribution is 2.36. The number of methoxy groups -OCH3 is 3. The molecule has 2 aromatic rings. The Morgan fingerprint density at radius 2 is 1.72 bits per heavy atom. The molecule has 0 saturated heterocycles. The number of benzene rings is 2. The maximum absolute atomic E-state index is 12.3. The molecule has 6 heteroatoms. The van der Waals surface area contributed by atoms with Crippen molar-refractivity contribution in [2.75, 3.05) is 28.1 Å². The van der Waals surface area contributed by atoms with Gasteiger partial charge < -0.3 is 23.7 Å². The highest BCUT2D eigenvalue weighted by atomic mass is 16.7. The lowest BCUT2D eigenvalue weighted by molar-refractivity contribution is -0.133. The summed E-state index contributed by atoms with van der Waals surface area (Å²) in [6.45, 7) is 0.172. The molecule has 0 bridgehead atoms. The summed E-state index contributed by atoms with van der Waals surface area (Å²) in [6.07, 6.45) is 1.73. The zero-order valence-corrected chi connectivity index (χ0v) is 14.2. The second kappa shape index (κ2) is 7.17. The van der Waals surface area contributed by atoms with Gasteiger partial charge >= 0.3 is 5.97 Å². The Labute approximate surface area is 145 Å². The Balaban J connectivity index is 2.04. The van der Waals surface area contributed by atoms with E-state index >= 15 is 0 Å². The van der Waals surface area contributed by atoms with Crippen LogP contribution in [-0.4, -0.2) is 34.1 Å². The lowest BCUT2D eigenvalue weighted by Crippen LogP contribution is -2.04. The quantitative estimate of drug-likeness (QED) is 0.472. The lowest BCUT2D eigenvalue weighted by Gasteiger charge is -2.10. The summed E-state index contributed by atoms with van der Waals surface area (Å²) in [5.74, 6) is 1.99. The summed E-state index contributed by atoms with van der Waals surface area (Å²) in [7, 11) is 4.47. The van der Waals surface area contributed by atoms with Crippen LogP contribution in [0, 0.1) is 0 Å². The monoisotopic (exact) mass is 342 g/mol. The van der Waals surface area contributed by atoms with Gasteiger partial charge in [0.15, 0.2) is 23.0 Å². The standard InChI is InChI=1S/C19H18O6/c1-21-15-6-4-12(9-17(15)22-2)8-14(19(20)23-3)13-5-7-16-18(10-13)25-11-24-16/h4-10H,11H2,1-3H3/b14-8+. The van der Waals surface area contributed by atoms with Crippen molar-refractivity contribution in [3.05, 3.63) is 47.5 Å². The summed E-state index contributed by atoms with van der Waals surface area (Å²) >= 11 is 0. The van der Waals surface area contributed by atoms with Crippen LogP contribution in [0.1, 0.15) is 11.1 Å². The first-order valence-electron chi connectivity index (χ1n) is 7.58. The molecule has 0 radical (unpaired) electrons. The predicted molar refractivity (Wildman–Crippen MR) is 92.0 cm³/mol. The highest BCUT2D eigenvalue weighted by Gasteiger charge is 2.19. The van der Waals surface area contributed by atoms with Gasteiger partial charge in [-0.1, -0.05) is 12.1 Å². The van der Waals surface area contributed by atoms with Gasteiger partial charge in [0.2, 0.25) is 6.79 Å². The molecule has 0 spiro atoms. The molecule has 0 aromatic heterocycles. The largest absolute Gasteiger partial charge is 0.493 e. The first kappa shape index (κ1) is 16.7. The molecule has 25 heavy (non-hydrogen) atoms. The third kappa shape index (κ3) is 3.38. The molecular formula is C19H18O6. The highest BCUT2D eigenvalue weighted by molar-refractivity contribution is 6.21. The van der Waals surface area contributed by atoms with Crippen LogP contribution in [-0.2, 0) is 9.53 Å². The van der Waals surface area contributed by atoms with E-state index in [9.17, 15) is 4.79 Å². The summed E-state index contributed by atoms with van der Waals surface area (Å²) in [5, 5.41) is 0. The van der Waals surface area contributed by atoms with Gasteiger partial charge in [-0.3, -0.25) is 0 Å². The van der Waals surface area contributed by atoms with Crippen LogP contribution in [0.5, 0.6) is 23.0 Å². The van der Waals surface area contributed by atoms with Crippen molar-refractivity contribution in [2.24, 2.45) is 0 Å². The second-order valence-corrected chi connectivity index (χ2v) is 5.23. The number of carbonyl (C=O) groups is 1. The molecule has 2 aromatic carbocycles. The molecule has 0 atom stereocenters. The van der Waals surface area contributed by atoms with E-state index in [1.807, 2.05) is 6.07 Å². The predicted octanol–water partition coefficient (Wildman–Crippen LogP) is 3.15. The van der Waals surface area contributed by atoms with E-state index in [1.165, 1.54) is 7.11 Å². The molecule has 6 nitrogen and oxygen atoms in total. The van der Waals surface area contributed by atoms with Gasteiger partial charge in [0.05, 0.1) is 26.9 Å². The zero-order valence-electron chi connectivity index (χ0n) is 14.2. The number of hydrogen-bond acceptors (Lipinski definition) is 6. The minimum atomic E-state index is -0.450. The summed E-state index contributed by atoms with van der Waals surface area (Å²) < 4.78 is 26.1. The minimum Gasteiger partial charge on any atom is -0.493 e. The van der Waals surface area contributed by atoms with Gasteiger partial charge in [0.25, 0.3) is 0 Å². The van der Waals surface area contributed by atoms with Crippen molar-refractivity contribution in [2.45, 2.75) is 0 Å². The van der Waals surface area contributed by atoms with Gasteiger partial charge in [-0.2, -0.15) is 0 Å². The van der Waals surface area contributed by atoms with Crippen LogP contribution in [0.25, 0.3) is 11.6 Å². The molecule has 0 amide bonds. The van der Waals surface area contributed by atoms with Gasteiger partial charge in [-0.25, -0.2) is 4.79 Å². The molecule has 1 heterocycles.